The van der Waals surface area contributed by atoms with Gasteiger partial charge in [0.05, 0.1) is 0 Å². The second kappa shape index (κ2) is 7.46. The van der Waals surface area contributed by atoms with Crippen LogP contribution in [0.25, 0.3) is 0 Å². The highest BCUT2D eigenvalue weighted by molar-refractivity contribution is 5.76. The van der Waals surface area contributed by atoms with Crippen molar-refractivity contribution in [1.82, 2.24) is 4.90 Å². The highest BCUT2D eigenvalue weighted by atomic mass is 16.2. The fourth-order valence-electron chi connectivity index (χ4n) is 2.68. The summed E-state index contributed by atoms with van der Waals surface area (Å²) >= 11 is 0. The summed E-state index contributed by atoms with van der Waals surface area (Å²) in [5.74, 6) is 0.710. The van der Waals surface area contributed by atoms with Crippen molar-refractivity contribution in [3.63, 3.8) is 0 Å². The van der Waals surface area contributed by atoms with Gasteiger partial charge in [0.25, 0.3) is 0 Å². The van der Waals surface area contributed by atoms with Crippen molar-refractivity contribution < 1.29 is 4.79 Å². The van der Waals surface area contributed by atoms with E-state index in [0.717, 1.165) is 32.6 Å². The molecule has 0 radical (unpaired) electrons. The molecule has 0 aliphatic carbocycles. The zero-order valence-corrected chi connectivity index (χ0v) is 13.2. The Bertz CT molecular complexity index is 467. The molecule has 4 nitrogen and oxygen atoms in total. The van der Waals surface area contributed by atoms with E-state index < -0.39 is 0 Å². The van der Waals surface area contributed by atoms with Gasteiger partial charge in [-0.3, -0.25) is 4.79 Å². The minimum atomic E-state index is 0.277. The third kappa shape index (κ3) is 4.46. The Labute approximate surface area is 127 Å². The average Bonchev–Trinajstić information content (AvgIpc) is 2.52. The van der Waals surface area contributed by atoms with Crippen molar-refractivity contribution in [2.75, 3.05) is 37.6 Å². The first-order valence-electron chi connectivity index (χ1n) is 7.89. The molecule has 1 heterocycles. The normalized spacial score (nSPS) is 16.9. The molecule has 1 aromatic carbocycles. The fraction of sp³-hybridized carbons (Fsp3) is 0.588. The lowest BCUT2D eigenvalue weighted by molar-refractivity contribution is -0.131. The minimum Gasteiger partial charge on any atom is -0.368 e. The van der Waals surface area contributed by atoms with Gasteiger partial charge in [0, 0.05) is 38.3 Å². The van der Waals surface area contributed by atoms with Crippen LogP contribution < -0.4 is 10.6 Å². The zero-order chi connectivity index (χ0) is 15.2. The molecule has 4 heteroatoms. The highest BCUT2D eigenvalue weighted by Crippen LogP contribution is 2.18. The van der Waals surface area contributed by atoms with Crippen molar-refractivity contribution in [3.05, 3.63) is 29.8 Å². The Kier molecular flexibility index (Phi) is 5.62. The molecule has 21 heavy (non-hydrogen) atoms. The summed E-state index contributed by atoms with van der Waals surface area (Å²) in [5, 5.41) is 0. The number of rotatable bonds is 5. The van der Waals surface area contributed by atoms with Crippen molar-refractivity contribution in [1.29, 1.82) is 0 Å². The zero-order valence-electron chi connectivity index (χ0n) is 13.2. The molecular formula is C17H27N3O. The number of carbonyl (C=O) groups excluding carboxylic acids is 1. The summed E-state index contributed by atoms with van der Waals surface area (Å²) < 4.78 is 0. The van der Waals surface area contributed by atoms with Crippen LogP contribution in [0.5, 0.6) is 0 Å². The molecule has 1 aromatic rings. The molecule has 0 spiro atoms. The number of benzene rings is 1. The molecular weight excluding hydrogens is 262 g/mol. The van der Waals surface area contributed by atoms with Crippen LogP contribution >= 0.6 is 0 Å². The van der Waals surface area contributed by atoms with Gasteiger partial charge in [0.15, 0.2) is 0 Å². The van der Waals surface area contributed by atoms with Gasteiger partial charge in [-0.15, -0.1) is 0 Å². The standard InChI is InChI=1S/C17H27N3O/c1-14-4-3-5-16(12-14)19-8-10-20(11-9-19)17(21)7-6-15(2)13-18/h3-5,12,15H,6-11,13,18H2,1-2H3. The van der Waals surface area contributed by atoms with E-state index in [9.17, 15) is 4.79 Å². The van der Waals surface area contributed by atoms with E-state index in [1.807, 2.05) is 4.90 Å². The van der Waals surface area contributed by atoms with E-state index in [-0.39, 0.29) is 5.91 Å². The number of amides is 1. The van der Waals surface area contributed by atoms with Crippen molar-refractivity contribution in [2.24, 2.45) is 11.7 Å². The largest absolute Gasteiger partial charge is 0.368 e. The first kappa shape index (κ1) is 15.8. The molecule has 0 saturated carbocycles. The van der Waals surface area contributed by atoms with Gasteiger partial charge in [0.2, 0.25) is 5.91 Å². The van der Waals surface area contributed by atoms with Crippen molar-refractivity contribution >= 4 is 11.6 Å². The molecule has 1 aliphatic rings. The molecule has 0 bridgehead atoms. The number of aryl methyl sites for hydroxylation is 1. The van der Waals surface area contributed by atoms with Crippen LogP contribution in [0.1, 0.15) is 25.3 Å². The van der Waals surface area contributed by atoms with Gasteiger partial charge in [-0.1, -0.05) is 19.1 Å². The lowest BCUT2D eigenvalue weighted by Crippen LogP contribution is -2.48. The van der Waals surface area contributed by atoms with E-state index in [1.54, 1.807) is 0 Å². The quantitative estimate of drug-likeness (QED) is 0.902. The molecule has 1 aliphatic heterocycles. The molecule has 2 N–H and O–H groups in total. The van der Waals surface area contributed by atoms with E-state index in [4.69, 9.17) is 5.73 Å². The third-order valence-corrected chi connectivity index (χ3v) is 4.25. The first-order valence-corrected chi connectivity index (χ1v) is 7.89. The lowest BCUT2D eigenvalue weighted by atomic mass is 10.1. The van der Waals surface area contributed by atoms with Crippen LogP contribution in [0.2, 0.25) is 0 Å². The monoisotopic (exact) mass is 289 g/mol. The van der Waals surface area contributed by atoms with Crippen molar-refractivity contribution in [2.45, 2.75) is 26.7 Å². The van der Waals surface area contributed by atoms with E-state index >= 15 is 0 Å². The molecule has 2 rings (SSSR count). The summed E-state index contributed by atoms with van der Waals surface area (Å²) in [5.41, 5.74) is 8.14. The predicted molar refractivity (Wildman–Crippen MR) is 87.4 cm³/mol. The number of nitrogens with two attached hydrogens (primary N) is 1. The van der Waals surface area contributed by atoms with E-state index in [1.165, 1.54) is 11.3 Å². The van der Waals surface area contributed by atoms with Crippen LogP contribution in [0, 0.1) is 12.8 Å². The Balaban J connectivity index is 1.81. The number of carbonyl (C=O) groups is 1. The molecule has 1 saturated heterocycles. The van der Waals surface area contributed by atoms with Gasteiger partial charge < -0.3 is 15.5 Å². The van der Waals surface area contributed by atoms with Crippen LogP contribution in [0.3, 0.4) is 0 Å². The van der Waals surface area contributed by atoms with Crippen LogP contribution in [-0.2, 0) is 4.79 Å². The van der Waals surface area contributed by atoms with E-state index in [0.29, 0.717) is 18.9 Å². The summed E-state index contributed by atoms with van der Waals surface area (Å²) in [7, 11) is 0. The number of nitrogens with zero attached hydrogens (tertiary/aromatic N) is 2. The Morgan fingerprint density at radius 3 is 2.62 bits per heavy atom. The third-order valence-electron chi connectivity index (χ3n) is 4.25. The first-order chi connectivity index (χ1) is 10.1. The molecule has 1 amide bonds. The van der Waals surface area contributed by atoms with Gasteiger partial charge in [-0.05, 0) is 43.5 Å². The van der Waals surface area contributed by atoms with Gasteiger partial charge >= 0.3 is 0 Å². The smallest absolute Gasteiger partial charge is 0.222 e. The highest BCUT2D eigenvalue weighted by Gasteiger charge is 2.21. The summed E-state index contributed by atoms with van der Waals surface area (Å²) in [6, 6.07) is 8.56. The summed E-state index contributed by atoms with van der Waals surface area (Å²) in [6.07, 6.45) is 1.52. The molecule has 1 fully saturated rings. The molecule has 0 aromatic heterocycles. The summed E-state index contributed by atoms with van der Waals surface area (Å²) in [6.45, 7) is 8.36. The maximum Gasteiger partial charge on any atom is 0.222 e. The second-order valence-electron chi connectivity index (χ2n) is 6.09. The molecule has 1 unspecified atom stereocenters. The van der Waals surface area contributed by atoms with Crippen LogP contribution in [0.4, 0.5) is 5.69 Å². The number of hydrogen-bond donors (Lipinski definition) is 1. The van der Waals surface area contributed by atoms with Gasteiger partial charge in [-0.25, -0.2) is 0 Å². The predicted octanol–water partition coefficient (Wildman–Crippen LogP) is 2.02. The Hall–Kier alpha value is -1.55. The Morgan fingerprint density at radius 2 is 2.00 bits per heavy atom. The van der Waals surface area contributed by atoms with Crippen molar-refractivity contribution in [3.8, 4) is 0 Å². The van der Waals surface area contributed by atoms with Gasteiger partial charge in [0.1, 0.15) is 0 Å². The lowest BCUT2D eigenvalue weighted by Gasteiger charge is -2.36. The minimum absolute atomic E-state index is 0.277. The topological polar surface area (TPSA) is 49.6 Å². The number of piperazine rings is 1. The second-order valence-corrected chi connectivity index (χ2v) is 6.09. The number of anilines is 1. The maximum atomic E-state index is 12.2. The Morgan fingerprint density at radius 1 is 1.29 bits per heavy atom. The maximum absolute atomic E-state index is 12.2. The van der Waals surface area contributed by atoms with Crippen LogP contribution in [-0.4, -0.2) is 43.5 Å². The SMILES string of the molecule is Cc1cccc(N2CCN(C(=O)CCC(C)CN)CC2)c1. The molecule has 1 atom stereocenters. The average molecular weight is 289 g/mol. The molecule has 116 valence electrons. The van der Waals surface area contributed by atoms with Gasteiger partial charge in [-0.2, -0.15) is 0 Å². The van der Waals surface area contributed by atoms with E-state index in [2.05, 4.69) is 43.0 Å². The summed E-state index contributed by atoms with van der Waals surface area (Å²) in [4.78, 5) is 16.5. The van der Waals surface area contributed by atoms with Crippen LogP contribution in [0.15, 0.2) is 24.3 Å². The number of hydrogen-bond acceptors (Lipinski definition) is 3. The fourth-order valence-corrected chi connectivity index (χ4v) is 2.68.